The molecule has 0 atom stereocenters. The molecule has 0 aromatic carbocycles. The molecule has 0 heterocycles. The number of thiocarbonyl (C=S) groups is 1. The van der Waals surface area contributed by atoms with Gasteiger partial charge in [0.2, 0.25) is 0 Å². The van der Waals surface area contributed by atoms with E-state index in [2.05, 4.69) is 18.1 Å². The summed E-state index contributed by atoms with van der Waals surface area (Å²) >= 11 is 4.77. The fourth-order valence-electron chi connectivity index (χ4n) is 0.789. The second-order valence-electron chi connectivity index (χ2n) is 2.24. The Bertz CT molecular complexity index is 149. The molecule has 0 aromatic rings. The molecule has 0 unspecified atom stereocenters. The highest BCUT2D eigenvalue weighted by Crippen LogP contribution is 1.88. The van der Waals surface area contributed by atoms with Crippen molar-refractivity contribution < 1.29 is 0 Å². The Labute approximate surface area is 85.5 Å². The maximum absolute atomic E-state index is 5.38. The van der Waals surface area contributed by atoms with Crippen LogP contribution in [-0.2, 0) is 0 Å². The molecule has 0 spiro atoms. The summed E-state index contributed by atoms with van der Waals surface area (Å²) in [6.45, 7) is 9.48. The van der Waals surface area contributed by atoms with Crippen molar-refractivity contribution in [3.8, 4) is 0 Å². The van der Waals surface area contributed by atoms with Crippen LogP contribution in [0.1, 0.15) is 0 Å². The van der Waals surface area contributed by atoms with Crippen molar-refractivity contribution in [1.29, 1.82) is 0 Å². The molecule has 0 radical (unpaired) electrons. The summed E-state index contributed by atoms with van der Waals surface area (Å²) in [7, 11) is 0. The van der Waals surface area contributed by atoms with Crippen molar-refractivity contribution in [3.05, 3.63) is 25.3 Å². The van der Waals surface area contributed by atoms with E-state index >= 15 is 0 Å². The van der Waals surface area contributed by atoms with Crippen LogP contribution in [0.15, 0.2) is 25.3 Å². The fraction of sp³-hybridized carbons (Fsp3) is 0.375. The Morgan fingerprint density at radius 3 is 2.00 bits per heavy atom. The zero-order valence-electron chi connectivity index (χ0n) is 7.03. The standard InChI is InChI=1S/C8H14N2S.ClH/c1-3-5-10(6-4-2)7-8(9)11;/h3-4H,1-2,5-7H2,(H2,9,11);1H. The SMILES string of the molecule is C=CCN(CC=C)CC(N)=S.Cl. The van der Waals surface area contributed by atoms with Gasteiger partial charge in [0, 0.05) is 19.6 Å². The third kappa shape index (κ3) is 7.72. The van der Waals surface area contributed by atoms with Gasteiger partial charge in [0.1, 0.15) is 0 Å². The van der Waals surface area contributed by atoms with Gasteiger partial charge in [-0.3, -0.25) is 4.90 Å². The molecule has 0 fully saturated rings. The average Bonchev–Trinajstić information content (AvgIpc) is 1.87. The number of nitrogens with zero attached hydrogens (tertiary/aromatic N) is 1. The summed E-state index contributed by atoms with van der Waals surface area (Å²) in [4.78, 5) is 2.57. The molecule has 0 aliphatic heterocycles. The highest BCUT2D eigenvalue weighted by molar-refractivity contribution is 7.80. The minimum absolute atomic E-state index is 0. The summed E-state index contributed by atoms with van der Waals surface area (Å²) in [5, 5.41) is 0. The minimum Gasteiger partial charge on any atom is -0.392 e. The lowest BCUT2D eigenvalue weighted by Gasteiger charge is -2.16. The predicted octanol–water partition coefficient (Wildman–Crippen LogP) is 1.37. The molecule has 0 saturated heterocycles. The smallest absolute Gasteiger partial charge is 0.0870 e. The highest BCUT2D eigenvalue weighted by atomic mass is 35.5. The Balaban J connectivity index is 0. The van der Waals surface area contributed by atoms with Crippen LogP contribution in [-0.4, -0.2) is 29.5 Å². The molecule has 0 aliphatic rings. The van der Waals surface area contributed by atoms with Crippen LogP contribution in [0.5, 0.6) is 0 Å². The highest BCUT2D eigenvalue weighted by Gasteiger charge is 2.00. The van der Waals surface area contributed by atoms with Crippen molar-refractivity contribution in [2.24, 2.45) is 5.73 Å². The summed E-state index contributed by atoms with van der Waals surface area (Å²) < 4.78 is 0. The van der Waals surface area contributed by atoms with E-state index in [1.54, 1.807) is 0 Å². The molecule has 12 heavy (non-hydrogen) atoms. The number of halogens is 1. The molecule has 0 rings (SSSR count). The van der Waals surface area contributed by atoms with Gasteiger partial charge in [-0.15, -0.1) is 25.6 Å². The van der Waals surface area contributed by atoms with Crippen molar-refractivity contribution >= 4 is 29.6 Å². The lowest BCUT2D eigenvalue weighted by Crippen LogP contribution is -2.32. The van der Waals surface area contributed by atoms with Crippen LogP contribution in [0, 0.1) is 0 Å². The van der Waals surface area contributed by atoms with Gasteiger partial charge in [0.15, 0.2) is 0 Å². The molecule has 0 amide bonds. The molecule has 0 aliphatic carbocycles. The Morgan fingerprint density at radius 1 is 1.33 bits per heavy atom. The van der Waals surface area contributed by atoms with Gasteiger partial charge in [0.05, 0.1) is 4.99 Å². The largest absolute Gasteiger partial charge is 0.392 e. The summed E-state index contributed by atoms with van der Waals surface area (Å²) in [5.41, 5.74) is 5.38. The molecule has 70 valence electrons. The number of hydrogen-bond donors (Lipinski definition) is 1. The van der Waals surface area contributed by atoms with E-state index in [9.17, 15) is 0 Å². The van der Waals surface area contributed by atoms with E-state index in [0.29, 0.717) is 11.5 Å². The van der Waals surface area contributed by atoms with E-state index in [4.69, 9.17) is 18.0 Å². The molecule has 2 N–H and O–H groups in total. The van der Waals surface area contributed by atoms with Gasteiger partial charge < -0.3 is 5.73 Å². The lowest BCUT2D eigenvalue weighted by molar-refractivity contribution is 0.384. The Hall–Kier alpha value is -0.380. The maximum Gasteiger partial charge on any atom is 0.0870 e. The maximum atomic E-state index is 5.38. The van der Waals surface area contributed by atoms with Crippen molar-refractivity contribution in [2.75, 3.05) is 19.6 Å². The average molecular weight is 207 g/mol. The van der Waals surface area contributed by atoms with Gasteiger partial charge in [-0.25, -0.2) is 0 Å². The third-order valence-corrected chi connectivity index (χ3v) is 1.28. The van der Waals surface area contributed by atoms with E-state index in [1.807, 2.05) is 12.2 Å². The van der Waals surface area contributed by atoms with Crippen LogP contribution in [0.3, 0.4) is 0 Å². The quantitative estimate of drug-likeness (QED) is 0.526. The normalized spacial score (nSPS) is 8.75. The summed E-state index contributed by atoms with van der Waals surface area (Å²) in [5.74, 6) is 0. The van der Waals surface area contributed by atoms with Crippen molar-refractivity contribution in [3.63, 3.8) is 0 Å². The zero-order valence-corrected chi connectivity index (χ0v) is 8.66. The van der Waals surface area contributed by atoms with Crippen LogP contribution < -0.4 is 5.73 Å². The van der Waals surface area contributed by atoms with E-state index in [-0.39, 0.29) is 12.4 Å². The second kappa shape index (κ2) is 8.71. The third-order valence-electron chi connectivity index (χ3n) is 1.15. The molecule has 4 heteroatoms. The predicted molar refractivity (Wildman–Crippen MR) is 60.9 cm³/mol. The van der Waals surface area contributed by atoms with E-state index in [0.717, 1.165) is 13.1 Å². The first-order chi connectivity index (χ1) is 5.20. The molecular weight excluding hydrogens is 192 g/mol. The first kappa shape index (κ1) is 14.2. The first-order valence-electron chi connectivity index (χ1n) is 3.43. The van der Waals surface area contributed by atoms with Crippen LogP contribution in [0.25, 0.3) is 0 Å². The van der Waals surface area contributed by atoms with Crippen LogP contribution in [0.2, 0.25) is 0 Å². The monoisotopic (exact) mass is 206 g/mol. The number of rotatable bonds is 6. The zero-order chi connectivity index (χ0) is 8.69. The molecule has 2 nitrogen and oxygen atoms in total. The molecular formula is C8H15ClN2S. The Morgan fingerprint density at radius 2 is 1.75 bits per heavy atom. The first-order valence-corrected chi connectivity index (χ1v) is 3.84. The second-order valence-corrected chi connectivity index (χ2v) is 2.76. The van der Waals surface area contributed by atoms with Gasteiger partial charge in [-0.2, -0.15) is 0 Å². The van der Waals surface area contributed by atoms with Crippen molar-refractivity contribution in [2.45, 2.75) is 0 Å². The number of nitrogens with two attached hydrogens (primary N) is 1. The van der Waals surface area contributed by atoms with E-state index in [1.165, 1.54) is 0 Å². The van der Waals surface area contributed by atoms with Crippen molar-refractivity contribution in [1.82, 2.24) is 4.90 Å². The van der Waals surface area contributed by atoms with Crippen LogP contribution in [0.4, 0.5) is 0 Å². The van der Waals surface area contributed by atoms with Gasteiger partial charge in [0.25, 0.3) is 0 Å². The van der Waals surface area contributed by atoms with Crippen LogP contribution >= 0.6 is 24.6 Å². The van der Waals surface area contributed by atoms with Gasteiger partial charge >= 0.3 is 0 Å². The molecule has 0 saturated carbocycles. The molecule has 0 bridgehead atoms. The van der Waals surface area contributed by atoms with Gasteiger partial charge in [-0.05, 0) is 0 Å². The molecule has 0 aromatic heterocycles. The topological polar surface area (TPSA) is 29.3 Å². The number of hydrogen-bond acceptors (Lipinski definition) is 2. The van der Waals surface area contributed by atoms with Gasteiger partial charge in [-0.1, -0.05) is 24.4 Å². The fourth-order valence-corrected chi connectivity index (χ4v) is 0.972. The minimum atomic E-state index is 0. The summed E-state index contributed by atoms with van der Waals surface area (Å²) in [6.07, 6.45) is 3.64. The lowest BCUT2D eigenvalue weighted by atomic mass is 10.4. The Kier molecular flexibility index (Phi) is 10.3. The summed E-state index contributed by atoms with van der Waals surface area (Å²) in [6, 6.07) is 0. The van der Waals surface area contributed by atoms with E-state index < -0.39 is 0 Å².